The molecule has 8 rings (SSSR count). The second kappa shape index (κ2) is 11.4. The average Bonchev–Trinajstić information content (AvgIpc) is 3.88. The molecule has 0 amide bonds. The van der Waals surface area contributed by atoms with E-state index in [1.165, 1.54) is 33.6 Å². The van der Waals surface area contributed by atoms with Gasteiger partial charge < -0.3 is 38.6 Å². The van der Waals surface area contributed by atoms with Crippen molar-refractivity contribution in [3.05, 3.63) is 60.2 Å². The summed E-state index contributed by atoms with van der Waals surface area (Å²) in [6.07, 6.45) is -6.09. The van der Waals surface area contributed by atoms with Crippen LogP contribution in [0.5, 0.6) is 0 Å². The second-order valence-electron chi connectivity index (χ2n) is 13.1. The summed E-state index contributed by atoms with van der Waals surface area (Å²) >= 11 is 0. The van der Waals surface area contributed by atoms with Gasteiger partial charge in [-0.3, -0.25) is 0 Å². The third-order valence-electron chi connectivity index (χ3n) is 8.94. The topological polar surface area (TPSA) is 157 Å². The summed E-state index contributed by atoms with van der Waals surface area (Å²) in [5, 5.41) is 38.6. The summed E-state index contributed by atoms with van der Waals surface area (Å²) in [6.45, 7) is 6.38. The molecule has 48 heavy (non-hydrogen) atoms. The zero-order chi connectivity index (χ0) is 33.5. The monoisotopic (exact) mass is 668 g/mol. The number of rotatable bonds is 7. The van der Waals surface area contributed by atoms with E-state index in [-0.39, 0.29) is 13.2 Å². The highest BCUT2D eigenvalue weighted by molar-refractivity contribution is 5.84. The third-order valence-corrected chi connectivity index (χ3v) is 8.94. The van der Waals surface area contributed by atoms with E-state index in [4.69, 9.17) is 28.4 Å². The van der Waals surface area contributed by atoms with Gasteiger partial charge in [-0.2, -0.15) is 0 Å². The highest BCUT2D eigenvalue weighted by atomic mass is 19.1. The Morgan fingerprint density at radius 2 is 0.958 bits per heavy atom. The summed E-state index contributed by atoms with van der Waals surface area (Å²) in [7, 11) is 0. The van der Waals surface area contributed by atoms with Gasteiger partial charge in [0.25, 0.3) is 0 Å². The summed E-state index contributed by atoms with van der Waals surface area (Å²) in [4.78, 5) is 0. The molecule has 4 aromatic rings. The minimum absolute atomic E-state index is 0.310. The van der Waals surface area contributed by atoms with Crippen LogP contribution in [0, 0.1) is 11.6 Å². The van der Waals surface area contributed by atoms with Gasteiger partial charge in [0.05, 0.1) is 13.2 Å². The lowest BCUT2D eigenvalue weighted by Crippen LogP contribution is -2.31. The van der Waals surface area contributed by atoms with Gasteiger partial charge in [-0.15, -0.1) is 10.2 Å². The minimum atomic E-state index is -0.980. The van der Waals surface area contributed by atoms with Crippen molar-refractivity contribution in [3.63, 3.8) is 0 Å². The fourth-order valence-electron chi connectivity index (χ4n) is 6.99. The first-order chi connectivity index (χ1) is 23.0. The maximum absolute atomic E-state index is 14.1. The smallest absolute Gasteiger partial charge is 0.182 e. The van der Waals surface area contributed by atoms with Gasteiger partial charge in [-0.25, -0.2) is 18.1 Å². The molecule has 14 nitrogen and oxygen atoms in total. The van der Waals surface area contributed by atoms with Crippen LogP contribution in [-0.2, 0) is 28.4 Å². The first-order valence-electron chi connectivity index (χ1n) is 15.6. The maximum Gasteiger partial charge on any atom is 0.182 e. The van der Waals surface area contributed by atoms with Crippen LogP contribution in [0.15, 0.2) is 48.5 Å². The molecular formula is C32H34F2N6O8. The first-order valence-corrected chi connectivity index (χ1v) is 15.6. The number of aromatic nitrogens is 6. The Hall–Kier alpha value is -3.74. The Labute approximate surface area is 273 Å². The average molecular weight is 669 g/mol. The lowest BCUT2D eigenvalue weighted by molar-refractivity contribution is -0.202. The lowest BCUT2D eigenvalue weighted by atomic mass is 10.0. The van der Waals surface area contributed by atoms with Crippen LogP contribution in [0.25, 0.3) is 33.9 Å². The van der Waals surface area contributed by atoms with Crippen molar-refractivity contribution >= 4 is 0 Å². The van der Waals surface area contributed by atoms with Gasteiger partial charge in [0.2, 0.25) is 0 Å². The van der Waals surface area contributed by atoms with Crippen LogP contribution in [0.4, 0.5) is 8.78 Å². The number of nitrogens with zero attached hydrogens (tertiary/aromatic N) is 6. The molecule has 8 atom stereocenters. The van der Waals surface area contributed by atoms with Gasteiger partial charge in [0.15, 0.2) is 24.0 Å². The van der Waals surface area contributed by atoms with Crippen LogP contribution >= 0.6 is 0 Å². The van der Waals surface area contributed by atoms with Crippen molar-refractivity contribution in [1.29, 1.82) is 0 Å². The van der Waals surface area contributed by atoms with Crippen molar-refractivity contribution in [2.75, 3.05) is 13.2 Å². The number of hydrogen-bond acceptors (Lipinski definition) is 12. The number of aliphatic hydroxyl groups is 2. The van der Waals surface area contributed by atoms with Gasteiger partial charge >= 0.3 is 0 Å². The quantitative estimate of drug-likeness (QED) is 0.297. The van der Waals surface area contributed by atoms with E-state index in [9.17, 15) is 19.0 Å². The van der Waals surface area contributed by atoms with Gasteiger partial charge in [-0.1, -0.05) is 10.4 Å². The van der Waals surface area contributed by atoms with E-state index in [1.54, 1.807) is 52.0 Å². The molecule has 2 aromatic carbocycles. The number of fused-ring (bicyclic) bond motifs is 2. The number of halogens is 2. The fourth-order valence-corrected chi connectivity index (χ4v) is 6.99. The van der Waals surface area contributed by atoms with E-state index in [1.807, 2.05) is 0 Å². The van der Waals surface area contributed by atoms with Crippen molar-refractivity contribution in [3.8, 4) is 33.9 Å². The normalized spacial score (nSPS) is 31.8. The van der Waals surface area contributed by atoms with Crippen LogP contribution < -0.4 is 0 Å². The predicted molar refractivity (Wildman–Crippen MR) is 159 cm³/mol. The summed E-state index contributed by atoms with van der Waals surface area (Å²) in [6, 6.07) is 11.5. The van der Waals surface area contributed by atoms with E-state index >= 15 is 0 Å². The van der Waals surface area contributed by atoms with Crippen LogP contribution in [-0.4, -0.2) is 102 Å². The molecule has 4 aliphatic rings. The molecule has 6 heterocycles. The Morgan fingerprint density at radius 3 is 1.31 bits per heavy atom. The molecule has 2 aromatic heterocycles. The molecule has 0 saturated carbocycles. The van der Waals surface area contributed by atoms with Crippen molar-refractivity contribution in [2.45, 2.75) is 88.3 Å². The highest BCUT2D eigenvalue weighted by Crippen LogP contribution is 2.49. The second-order valence-corrected chi connectivity index (χ2v) is 13.1. The van der Waals surface area contributed by atoms with Gasteiger partial charge in [-0.05, 0) is 76.2 Å². The minimum Gasteiger partial charge on any atom is -0.394 e. The summed E-state index contributed by atoms with van der Waals surface area (Å²) < 4.78 is 68.7. The SMILES string of the molecule is CC1(C)O[C@@H]2[C@@H](CO)OC(n3nnc(-c4ccc(F)cc4)c3-c3c(-c4ccc(F)cc4)nnn3C3O[C@H](CO)[C@H]4OC(C)(C)O[C@@H]34)[C@@H]2O1. The van der Waals surface area contributed by atoms with Gasteiger partial charge in [0, 0.05) is 11.1 Å². The molecule has 16 heteroatoms. The molecule has 0 spiro atoms. The van der Waals surface area contributed by atoms with Crippen molar-refractivity contribution in [2.24, 2.45) is 0 Å². The molecular weight excluding hydrogens is 634 g/mol. The van der Waals surface area contributed by atoms with Crippen LogP contribution in [0.3, 0.4) is 0 Å². The largest absolute Gasteiger partial charge is 0.394 e. The molecule has 4 saturated heterocycles. The summed E-state index contributed by atoms with van der Waals surface area (Å²) in [5.41, 5.74) is 2.29. The molecule has 0 radical (unpaired) electrons. The zero-order valence-electron chi connectivity index (χ0n) is 26.4. The molecule has 4 fully saturated rings. The zero-order valence-corrected chi connectivity index (χ0v) is 26.4. The number of ether oxygens (including phenoxy) is 6. The molecule has 0 bridgehead atoms. The van der Waals surface area contributed by atoms with Gasteiger partial charge in [0.1, 0.15) is 71.0 Å². The molecule has 0 aliphatic carbocycles. The first kappa shape index (κ1) is 31.5. The Morgan fingerprint density at radius 1 is 0.604 bits per heavy atom. The maximum atomic E-state index is 14.1. The lowest BCUT2D eigenvalue weighted by Gasteiger charge is -2.26. The van der Waals surface area contributed by atoms with E-state index < -0.39 is 72.3 Å². The Bertz CT molecular complexity index is 1680. The third kappa shape index (κ3) is 5.14. The number of hydrogen-bond donors (Lipinski definition) is 2. The molecule has 2 N–H and O–H groups in total. The molecule has 254 valence electrons. The fraction of sp³-hybridized carbons (Fsp3) is 0.500. The predicted octanol–water partition coefficient (Wildman–Crippen LogP) is 2.97. The number of benzene rings is 2. The van der Waals surface area contributed by atoms with Crippen molar-refractivity contribution < 1.29 is 47.4 Å². The standard InChI is InChI=1S/C32H34F2N6O8/c1-31(2)45-25-19(13-41)43-29(27(25)47-31)39-23(21(35-37-39)15-5-9-17(33)10-6-15)24-22(16-7-11-18(34)12-8-16)36-38-40(24)30-28-26(20(14-42)44-30)46-32(3,4)48-28/h5-12,19-20,25-30,41-42H,13-14H2,1-4H3/t19-,20-,25-,26-,27-,28-,29?,30?/m1/s1. The molecule has 4 aliphatic heterocycles. The van der Waals surface area contributed by atoms with Crippen LogP contribution in [0.1, 0.15) is 40.2 Å². The van der Waals surface area contributed by atoms with E-state index in [2.05, 4.69) is 20.6 Å². The Kier molecular flexibility index (Phi) is 7.50. The van der Waals surface area contributed by atoms with E-state index in [0.717, 1.165) is 0 Å². The van der Waals surface area contributed by atoms with E-state index in [0.29, 0.717) is 33.9 Å². The highest BCUT2D eigenvalue weighted by Gasteiger charge is 2.58. The van der Waals surface area contributed by atoms with Crippen LogP contribution in [0.2, 0.25) is 0 Å². The summed E-state index contributed by atoms with van der Waals surface area (Å²) in [5.74, 6) is -2.85. The molecule has 2 unspecified atom stereocenters. The van der Waals surface area contributed by atoms with Crippen molar-refractivity contribution in [1.82, 2.24) is 30.0 Å². The number of aliphatic hydroxyl groups excluding tert-OH is 2. The Balaban J connectivity index is 1.36.